The van der Waals surface area contributed by atoms with E-state index in [-0.39, 0.29) is 12.2 Å². The molecule has 0 spiro atoms. The minimum atomic E-state index is -0.201. The molecule has 0 saturated carbocycles. The fourth-order valence-corrected chi connectivity index (χ4v) is 1.25. The van der Waals surface area contributed by atoms with Gasteiger partial charge in [-0.1, -0.05) is 29.8 Å². The average Bonchev–Trinajstić information content (AvgIpc) is 2.85. The van der Waals surface area contributed by atoms with E-state index in [0.717, 1.165) is 11.8 Å². The van der Waals surface area contributed by atoms with Crippen molar-refractivity contribution in [3.05, 3.63) is 35.4 Å². The largest absolute Gasteiger partial charge is 0.357 e. The highest BCUT2D eigenvalue weighted by atomic mass is 16.6. The Morgan fingerprint density at radius 3 is 2.50 bits per heavy atom. The Labute approximate surface area is 71.2 Å². The zero-order chi connectivity index (χ0) is 8.55. The van der Waals surface area contributed by atoms with E-state index in [9.17, 15) is 4.79 Å². The van der Waals surface area contributed by atoms with E-state index >= 15 is 0 Å². The summed E-state index contributed by atoms with van der Waals surface area (Å²) in [6.07, 6.45) is 0.667. The lowest BCUT2D eigenvalue weighted by atomic mass is 10.1. The molecule has 2 heteroatoms. The zero-order valence-electron chi connectivity index (χ0n) is 6.86. The Balaban J connectivity index is 2.15. The van der Waals surface area contributed by atoms with Crippen LogP contribution < -0.4 is 0 Å². The van der Waals surface area contributed by atoms with Crippen LogP contribution in [0.4, 0.5) is 0 Å². The van der Waals surface area contributed by atoms with Crippen molar-refractivity contribution in [2.24, 2.45) is 0 Å². The van der Waals surface area contributed by atoms with Gasteiger partial charge in [-0.05, 0) is 12.5 Å². The van der Waals surface area contributed by atoms with Gasteiger partial charge in [-0.2, -0.15) is 0 Å². The number of aldehydes is 1. The van der Waals surface area contributed by atoms with E-state index in [4.69, 9.17) is 4.74 Å². The summed E-state index contributed by atoms with van der Waals surface area (Å²) in [5.74, 6) is 0. The maximum absolute atomic E-state index is 10.3. The van der Waals surface area contributed by atoms with Crippen molar-refractivity contribution in [3.63, 3.8) is 0 Å². The number of aryl methyl sites for hydroxylation is 1. The van der Waals surface area contributed by atoms with Gasteiger partial charge >= 0.3 is 0 Å². The van der Waals surface area contributed by atoms with Crippen LogP contribution in [0.5, 0.6) is 0 Å². The van der Waals surface area contributed by atoms with Crippen LogP contribution in [0.2, 0.25) is 0 Å². The van der Waals surface area contributed by atoms with E-state index in [2.05, 4.69) is 0 Å². The molecule has 2 atom stereocenters. The predicted molar refractivity (Wildman–Crippen MR) is 44.9 cm³/mol. The molecule has 1 aliphatic heterocycles. The zero-order valence-corrected chi connectivity index (χ0v) is 6.86. The lowest BCUT2D eigenvalue weighted by Gasteiger charge is -1.94. The topological polar surface area (TPSA) is 29.6 Å². The van der Waals surface area contributed by atoms with Crippen LogP contribution in [-0.4, -0.2) is 12.4 Å². The smallest absolute Gasteiger partial charge is 0.151 e. The molecule has 1 aliphatic rings. The van der Waals surface area contributed by atoms with Crippen LogP contribution >= 0.6 is 0 Å². The number of carbonyl (C=O) groups excluding carboxylic acids is 1. The lowest BCUT2D eigenvalue weighted by molar-refractivity contribution is -0.108. The van der Waals surface area contributed by atoms with E-state index < -0.39 is 0 Å². The molecule has 0 bridgehead atoms. The lowest BCUT2D eigenvalue weighted by Crippen LogP contribution is -1.88. The number of ether oxygens (including phenoxy) is 1. The Kier molecular flexibility index (Phi) is 1.70. The number of epoxide rings is 1. The first-order valence-electron chi connectivity index (χ1n) is 3.98. The van der Waals surface area contributed by atoms with Crippen LogP contribution in [0.25, 0.3) is 0 Å². The highest BCUT2D eigenvalue weighted by Crippen LogP contribution is 2.36. The van der Waals surface area contributed by atoms with Gasteiger partial charge in [0.1, 0.15) is 12.2 Å². The third-order valence-corrected chi connectivity index (χ3v) is 2.07. The van der Waals surface area contributed by atoms with E-state index in [0.29, 0.717) is 0 Å². The Hall–Kier alpha value is -1.15. The Morgan fingerprint density at radius 2 is 2.00 bits per heavy atom. The first-order valence-corrected chi connectivity index (χ1v) is 3.98. The molecule has 0 unspecified atom stereocenters. The molecule has 2 rings (SSSR count). The molecule has 0 N–H and O–H groups in total. The molecule has 12 heavy (non-hydrogen) atoms. The molecule has 0 aromatic heterocycles. The molecule has 1 fully saturated rings. The molecular formula is C10H10O2. The predicted octanol–water partition coefficient (Wildman–Crippen LogP) is 1.63. The summed E-state index contributed by atoms with van der Waals surface area (Å²) in [5.41, 5.74) is 2.32. The summed E-state index contributed by atoms with van der Waals surface area (Å²) in [6.45, 7) is 2.04. The molecule has 1 aromatic carbocycles. The van der Waals surface area contributed by atoms with Gasteiger partial charge in [-0.25, -0.2) is 0 Å². The van der Waals surface area contributed by atoms with Crippen molar-refractivity contribution in [3.8, 4) is 0 Å². The molecule has 0 radical (unpaired) electrons. The summed E-state index contributed by atoms with van der Waals surface area (Å²) >= 11 is 0. The minimum Gasteiger partial charge on any atom is -0.357 e. The molecule has 1 aromatic rings. The van der Waals surface area contributed by atoms with E-state index in [1.165, 1.54) is 5.56 Å². The number of hydrogen-bond acceptors (Lipinski definition) is 2. The van der Waals surface area contributed by atoms with Crippen molar-refractivity contribution in [2.75, 3.05) is 0 Å². The minimum absolute atomic E-state index is 0.0168. The van der Waals surface area contributed by atoms with Crippen LogP contribution in [0, 0.1) is 6.92 Å². The number of benzene rings is 1. The van der Waals surface area contributed by atoms with Crippen LogP contribution in [-0.2, 0) is 9.53 Å². The monoisotopic (exact) mass is 162 g/mol. The first kappa shape index (κ1) is 7.50. The second-order valence-corrected chi connectivity index (χ2v) is 3.07. The highest BCUT2D eigenvalue weighted by molar-refractivity contribution is 5.61. The van der Waals surface area contributed by atoms with Gasteiger partial charge in [-0.15, -0.1) is 0 Å². The van der Waals surface area contributed by atoms with Gasteiger partial charge in [-0.3, -0.25) is 0 Å². The van der Waals surface area contributed by atoms with Gasteiger partial charge in [0.2, 0.25) is 0 Å². The van der Waals surface area contributed by atoms with Crippen molar-refractivity contribution in [1.29, 1.82) is 0 Å². The highest BCUT2D eigenvalue weighted by Gasteiger charge is 2.39. The number of carbonyl (C=O) groups is 1. The maximum atomic E-state index is 10.3. The normalized spacial score (nSPS) is 26.8. The quantitative estimate of drug-likeness (QED) is 0.488. The summed E-state index contributed by atoms with van der Waals surface area (Å²) in [4.78, 5) is 10.3. The van der Waals surface area contributed by atoms with Gasteiger partial charge < -0.3 is 9.53 Å². The van der Waals surface area contributed by atoms with E-state index in [1.54, 1.807) is 0 Å². The van der Waals surface area contributed by atoms with E-state index in [1.807, 2.05) is 31.2 Å². The molecule has 1 heterocycles. The molecule has 2 nitrogen and oxygen atoms in total. The fourth-order valence-electron chi connectivity index (χ4n) is 1.25. The van der Waals surface area contributed by atoms with Crippen molar-refractivity contribution >= 4 is 6.29 Å². The second kappa shape index (κ2) is 2.72. The van der Waals surface area contributed by atoms with Crippen LogP contribution in [0.15, 0.2) is 24.3 Å². The molecular weight excluding hydrogens is 152 g/mol. The van der Waals surface area contributed by atoms with Gasteiger partial charge in [0.15, 0.2) is 6.29 Å². The van der Waals surface area contributed by atoms with Crippen molar-refractivity contribution in [2.45, 2.75) is 19.1 Å². The van der Waals surface area contributed by atoms with Crippen LogP contribution in [0.1, 0.15) is 17.2 Å². The molecule has 0 aliphatic carbocycles. The summed E-state index contributed by atoms with van der Waals surface area (Å²) < 4.78 is 5.12. The van der Waals surface area contributed by atoms with Crippen molar-refractivity contribution in [1.82, 2.24) is 0 Å². The fraction of sp³-hybridized carbons (Fsp3) is 0.300. The summed E-state index contributed by atoms with van der Waals surface area (Å²) in [7, 11) is 0. The maximum Gasteiger partial charge on any atom is 0.151 e. The second-order valence-electron chi connectivity index (χ2n) is 3.07. The molecule has 62 valence electrons. The summed E-state index contributed by atoms with van der Waals surface area (Å²) in [5, 5.41) is 0. The Morgan fingerprint density at radius 1 is 1.33 bits per heavy atom. The van der Waals surface area contributed by atoms with Crippen LogP contribution in [0.3, 0.4) is 0 Å². The summed E-state index contributed by atoms with van der Waals surface area (Å²) in [6, 6.07) is 8.06. The number of hydrogen-bond donors (Lipinski definition) is 0. The third kappa shape index (κ3) is 1.25. The standard InChI is InChI=1S/C10H10O2/c1-7-2-4-8(5-3-7)10-9(6-11)12-10/h2-6,9-10H,1H3/t9-,10+/m1/s1. The van der Waals surface area contributed by atoms with Gasteiger partial charge in [0.25, 0.3) is 0 Å². The third-order valence-electron chi connectivity index (χ3n) is 2.07. The first-order chi connectivity index (χ1) is 5.81. The number of rotatable bonds is 2. The molecule has 0 amide bonds. The van der Waals surface area contributed by atoms with Gasteiger partial charge in [0.05, 0.1) is 0 Å². The Bertz CT molecular complexity index is 289. The van der Waals surface area contributed by atoms with Gasteiger partial charge in [0, 0.05) is 0 Å². The SMILES string of the molecule is Cc1ccc([C@@H]2O[C@@H]2C=O)cc1. The molecule has 1 saturated heterocycles. The van der Waals surface area contributed by atoms with Crippen molar-refractivity contribution < 1.29 is 9.53 Å². The average molecular weight is 162 g/mol.